The lowest BCUT2D eigenvalue weighted by Gasteiger charge is -2.48. The van der Waals surface area contributed by atoms with Crippen molar-refractivity contribution in [3.63, 3.8) is 0 Å². The molecule has 0 bridgehead atoms. The molecule has 0 aromatic carbocycles. The maximum absolute atomic E-state index is 10.5. The molecule has 0 radical (unpaired) electrons. The highest BCUT2D eigenvalue weighted by atomic mass is 16.3. The molecule has 16 heavy (non-hydrogen) atoms. The number of rotatable bonds is 0. The molecule has 92 valence electrons. The molecule has 2 aliphatic rings. The Morgan fingerprint density at radius 2 is 2.00 bits per heavy atom. The first-order valence-electron chi connectivity index (χ1n) is 6.80. The van der Waals surface area contributed by atoms with Crippen molar-refractivity contribution in [2.75, 3.05) is 0 Å². The number of hydrogen-bond acceptors (Lipinski definition) is 1. The van der Waals surface area contributed by atoms with Gasteiger partial charge in [-0.3, -0.25) is 0 Å². The van der Waals surface area contributed by atoms with Gasteiger partial charge in [-0.2, -0.15) is 0 Å². The van der Waals surface area contributed by atoms with E-state index in [0.717, 1.165) is 18.8 Å². The molecule has 0 aromatic rings. The van der Waals surface area contributed by atoms with Crippen molar-refractivity contribution < 1.29 is 5.11 Å². The lowest BCUT2D eigenvalue weighted by atomic mass is 9.59. The summed E-state index contributed by atoms with van der Waals surface area (Å²) in [5, 5.41) is 10.5. The molecule has 4 atom stereocenters. The van der Waals surface area contributed by atoms with Crippen LogP contribution in [0.5, 0.6) is 0 Å². The molecule has 1 heteroatoms. The van der Waals surface area contributed by atoms with Gasteiger partial charge in [-0.05, 0) is 64.2 Å². The number of aliphatic hydroxyl groups is 1. The highest BCUT2D eigenvalue weighted by Crippen LogP contribution is 2.50. The van der Waals surface area contributed by atoms with Gasteiger partial charge in [0, 0.05) is 0 Å². The Bertz CT molecular complexity index is 297. The maximum atomic E-state index is 10.5. The van der Waals surface area contributed by atoms with Gasteiger partial charge in [-0.15, -0.1) is 0 Å². The van der Waals surface area contributed by atoms with Crippen molar-refractivity contribution in [3.8, 4) is 0 Å². The molecule has 0 aromatic heterocycles. The third-order valence-corrected chi connectivity index (χ3v) is 4.90. The molecule has 0 aliphatic heterocycles. The summed E-state index contributed by atoms with van der Waals surface area (Å²) in [5.41, 5.74) is 2.74. The van der Waals surface area contributed by atoms with E-state index in [1.54, 1.807) is 5.57 Å². The van der Waals surface area contributed by atoms with E-state index >= 15 is 0 Å². The first-order chi connectivity index (χ1) is 7.42. The molecule has 1 nitrogen and oxygen atoms in total. The molecule has 1 N–H and O–H groups in total. The van der Waals surface area contributed by atoms with Crippen LogP contribution in [-0.2, 0) is 0 Å². The highest BCUT2D eigenvalue weighted by molar-refractivity contribution is 5.21. The van der Waals surface area contributed by atoms with Crippen LogP contribution < -0.4 is 0 Å². The summed E-state index contributed by atoms with van der Waals surface area (Å²) in [6.07, 6.45) is 5.89. The summed E-state index contributed by atoms with van der Waals surface area (Å²) in [6.45, 7) is 8.90. The average Bonchev–Trinajstić information content (AvgIpc) is 2.16. The Morgan fingerprint density at radius 3 is 2.62 bits per heavy atom. The van der Waals surface area contributed by atoms with Crippen LogP contribution in [0.2, 0.25) is 0 Å². The molecule has 2 fully saturated rings. The van der Waals surface area contributed by atoms with E-state index in [9.17, 15) is 5.11 Å². The number of allylic oxidation sites excluding steroid dienone is 2. The third-order valence-electron chi connectivity index (χ3n) is 4.90. The van der Waals surface area contributed by atoms with Crippen LogP contribution in [0, 0.1) is 17.8 Å². The smallest absolute Gasteiger partial charge is 0.0656 e. The van der Waals surface area contributed by atoms with E-state index in [2.05, 4.69) is 27.7 Å². The Balaban J connectivity index is 2.29. The monoisotopic (exact) mass is 222 g/mol. The summed E-state index contributed by atoms with van der Waals surface area (Å²) < 4.78 is 0. The first kappa shape index (κ1) is 12.2. The Labute approximate surface area is 99.9 Å². The number of hydrogen-bond donors (Lipinski definition) is 1. The topological polar surface area (TPSA) is 20.2 Å². The number of fused-ring (bicyclic) bond motifs is 1. The highest BCUT2D eigenvalue weighted by Gasteiger charge is 2.45. The second kappa shape index (κ2) is 4.18. The van der Waals surface area contributed by atoms with E-state index < -0.39 is 5.60 Å². The quantitative estimate of drug-likeness (QED) is 0.616. The van der Waals surface area contributed by atoms with Crippen LogP contribution in [0.3, 0.4) is 0 Å². The van der Waals surface area contributed by atoms with Gasteiger partial charge in [0.15, 0.2) is 0 Å². The van der Waals surface area contributed by atoms with Crippen LogP contribution in [0.25, 0.3) is 0 Å². The standard InChI is InChI=1S/C15H26O/c1-10(2)12-7-8-15(4,16)14-6-5-11(3)9-13(12)14/h11,13-14,16H,5-9H2,1-4H3. The fourth-order valence-corrected chi connectivity index (χ4v) is 3.89. The van der Waals surface area contributed by atoms with Crippen molar-refractivity contribution in [3.05, 3.63) is 11.1 Å². The molecular weight excluding hydrogens is 196 g/mol. The summed E-state index contributed by atoms with van der Waals surface area (Å²) in [5.74, 6) is 2.02. The van der Waals surface area contributed by atoms with E-state index in [1.165, 1.54) is 24.8 Å². The largest absolute Gasteiger partial charge is 0.390 e. The SMILES string of the molecule is CC(C)=C1CCC(C)(O)C2CCC(C)CC12. The molecule has 2 saturated carbocycles. The minimum atomic E-state index is -0.413. The zero-order valence-corrected chi connectivity index (χ0v) is 11.2. The van der Waals surface area contributed by atoms with Gasteiger partial charge in [-0.1, -0.05) is 24.5 Å². The van der Waals surface area contributed by atoms with Crippen molar-refractivity contribution >= 4 is 0 Å². The predicted molar refractivity (Wildman–Crippen MR) is 68.2 cm³/mol. The van der Waals surface area contributed by atoms with Gasteiger partial charge in [-0.25, -0.2) is 0 Å². The molecule has 0 heterocycles. The summed E-state index contributed by atoms with van der Waals surface area (Å²) in [4.78, 5) is 0. The van der Waals surface area contributed by atoms with Gasteiger partial charge in [0.25, 0.3) is 0 Å². The molecule has 0 saturated heterocycles. The van der Waals surface area contributed by atoms with Crippen LogP contribution in [0.15, 0.2) is 11.1 Å². The molecule has 2 rings (SSSR count). The normalized spacial score (nSPS) is 44.1. The lowest BCUT2D eigenvalue weighted by molar-refractivity contribution is -0.0629. The van der Waals surface area contributed by atoms with E-state index in [1.807, 2.05) is 0 Å². The fraction of sp³-hybridized carbons (Fsp3) is 0.867. The van der Waals surface area contributed by atoms with E-state index in [-0.39, 0.29) is 0 Å². The first-order valence-corrected chi connectivity index (χ1v) is 6.80. The Kier molecular flexibility index (Phi) is 3.18. The maximum Gasteiger partial charge on any atom is 0.0656 e. The molecule has 2 aliphatic carbocycles. The predicted octanol–water partition coefficient (Wildman–Crippen LogP) is 3.92. The second-order valence-corrected chi connectivity index (χ2v) is 6.51. The zero-order valence-electron chi connectivity index (χ0n) is 11.2. The lowest BCUT2D eigenvalue weighted by Crippen LogP contribution is -2.46. The van der Waals surface area contributed by atoms with Gasteiger partial charge in [0.1, 0.15) is 0 Å². The minimum absolute atomic E-state index is 0.413. The van der Waals surface area contributed by atoms with Crippen molar-refractivity contribution in [1.82, 2.24) is 0 Å². The van der Waals surface area contributed by atoms with Crippen molar-refractivity contribution in [2.45, 2.75) is 65.4 Å². The van der Waals surface area contributed by atoms with Crippen LogP contribution in [0.4, 0.5) is 0 Å². The van der Waals surface area contributed by atoms with Crippen LogP contribution in [0.1, 0.15) is 59.8 Å². The second-order valence-electron chi connectivity index (χ2n) is 6.51. The minimum Gasteiger partial charge on any atom is -0.390 e. The van der Waals surface area contributed by atoms with Gasteiger partial charge in [0.2, 0.25) is 0 Å². The van der Waals surface area contributed by atoms with Gasteiger partial charge in [0.05, 0.1) is 5.60 Å². The van der Waals surface area contributed by atoms with E-state index in [0.29, 0.717) is 11.8 Å². The van der Waals surface area contributed by atoms with Crippen molar-refractivity contribution in [2.24, 2.45) is 17.8 Å². The Morgan fingerprint density at radius 1 is 1.31 bits per heavy atom. The molecule has 0 amide bonds. The summed E-state index contributed by atoms with van der Waals surface area (Å²) in [6, 6.07) is 0. The van der Waals surface area contributed by atoms with Gasteiger partial charge >= 0.3 is 0 Å². The molecule has 4 unspecified atom stereocenters. The van der Waals surface area contributed by atoms with Crippen LogP contribution in [-0.4, -0.2) is 10.7 Å². The van der Waals surface area contributed by atoms with Crippen molar-refractivity contribution in [1.29, 1.82) is 0 Å². The summed E-state index contributed by atoms with van der Waals surface area (Å²) in [7, 11) is 0. The van der Waals surface area contributed by atoms with Crippen LogP contribution >= 0.6 is 0 Å². The molecule has 0 spiro atoms. The zero-order chi connectivity index (χ0) is 11.9. The average molecular weight is 222 g/mol. The van der Waals surface area contributed by atoms with E-state index in [4.69, 9.17) is 0 Å². The Hall–Kier alpha value is -0.300. The molecular formula is C15H26O. The fourth-order valence-electron chi connectivity index (χ4n) is 3.89. The third kappa shape index (κ3) is 2.07. The summed E-state index contributed by atoms with van der Waals surface area (Å²) >= 11 is 0. The van der Waals surface area contributed by atoms with Gasteiger partial charge < -0.3 is 5.11 Å².